The van der Waals surface area contributed by atoms with Gasteiger partial charge in [0.25, 0.3) is 0 Å². The van der Waals surface area contributed by atoms with Crippen molar-refractivity contribution in [3.05, 3.63) is 29.3 Å². The van der Waals surface area contributed by atoms with Crippen LogP contribution in [-0.2, 0) is 23.0 Å². The van der Waals surface area contributed by atoms with Crippen LogP contribution in [0.2, 0.25) is 0 Å². The number of fused-ring (bicyclic) bond motifs is 1. The van der Waals surface area contributed by atoms with Gasteiger partial charge in [0.2, 0.25) is 10.0 Å². The van der Waals surface area contributed by atoms with Crippen LogP contribution < -0.4 is 10.0 Å². The van der Waals surface area contributed by atoms with E-state index in [0.29, 0.717) is 10.8 Å². The Balaban J connectivity index is 1.91. The highest BCUT2D eigenvalue weighted by Crippen LogP contribution is 2.28. The summed E-state index contributed by atoms with van der Waals surface area (Å²) in [5.41, 5.74) is 2.10. The van der Waals surface area contributed by atoms with Crippen molar-refractivity contribution in [3.63, 3.8) is 0 Å². The van der Waals surface area contributed by atoms with Gasteiger partial charge in [-0.2, -0.15) is 0 Å². The van der Waals surface area contributed by atoms with Crippen molar-refractivity contribution in [2.45, 2.75) is 50.1 Å². The minimum Gasteiger partial charge on any atom is -0.312 e. The Morgan fingerprint density at radius 2 is 2.15 bits per heavy atom. The van der Waals surface area contributed by atoms with Crippen LogP contribution in [0.1, 0.15) is 37.3 Å². The molecule has 4 nitrogen and oxygen atoms in total. The van der Waals surface area contributed by atoms with Gasteiger partial charge in [0.15, 0.2) is 0 Å². The lowest BCUT2D eigenvalue weighted by Gasteiger charge is -2.22. The number of sulfonamides is 1. The molecule has 1 aromatic rings. The largest absolute Gasteiger partial charge is 0.312 e. The zero-order valence-electron chi connectivity index (χ0n) is 11.9. The molecule has 1 heterocycles. The summed E-state index contributed by atoms with van der Waals surface area (Å²) in [5.74, 6) is 0.436. The third-order valence-electron chi connectivity index (χ3n) is 4.55. The maximum absolute atomic E-state index is 12.7. The van der Waals surface area contributed by atoms with Crippen LogP contribution in [-0.4, -0.2) is 21.0 Å². The monoisotopic (exact) mass is 294 g/mol. The fourth-order valence-electron chi connectivity index (χ4n) is 3.33. The Labute approximate surface area is 121 Å². The van der Waals surface area contributed by atoms with E-state index in [9.17, 15) is 8.42 Å². The van der Waals surface area contributed by atoms with E-state index in [-0.39, 0.29) is 6.04 Å². The molecule has 0 saturated heterocycles. The van der Waals surface area contributed by atoms with Crippen LogP contribution in [0.5, 0.6) is 0 Å². The normalized spacial score (nSPS) is 26.4. The van der Waals surface area contributed by atoms with Crippen LogP contribution in [0.3, 0.4) is 0 Å². The van der Waals surface area contributed by atoms with Crippen molar-refractivity contribution in [2.24, 2.45) is 5.92 Å². The Morgan fingerprint density at radius 1 is 1.30 bits per heavy atom. The first-order valence-corrected chi connectivity index (χ1v) is 8.90. The van der Waals surface area contributed by atoms with Gasteiger partial charge in [-0.25, -0.2) is 13.1 Å². The molecule has 0 radical (unpaired) electrons. The van der Waals surface area contributed by atoms with Gasteiger partial charge in [0.05, 0.1) is 4.90 Å². The van der Waals surface area contributed by atoms with Gasteiger partial charge in [0, 0.05) is 12.6 Å². The first-order chi connectivity index (χ1) is 9.58. The molecule has 1 saturated carbocycles. The van der Waals surface area contributed by atoms with Crippen molar-refractivity contribution in [3.8, 4) is 0 Å². The highest BCUT2D eigenvalue weighted by molar-refractivity contribution is 7.89. The Kier molecular flexibility index (Phi) is 3.84. The average molecular weight is 294 g/mol. The summed E-state index contributed by atoms with van der Waals surface area (Å²) in [4.78, 5) is 0.482. The molecule has 2 unspecified atom stereocenters. The standard InChI is InChI=1S/C15H22N2O2S/c1-11-4-2-6-14(11)17-20(18,19)15-7-3-5-12-10-16-9-8-13(12)15/h3,5,7,11,14,16-17H,2,4,6,8-10H2,1H3. The summed E-state index contributed by atoms with van der Waals surface area (Å²) in [5, 5.41) is 3.28. The lowest BCUT2D eigenvalue weighted by atomic mass is 10.0. The van der Waals surface area contributed by atoms with E-state index in [2.05, 4.69) is 17.0 Å². The van der Waals surface area contributed by atoms with E-state index in [1.165, 1.54) is 0 Å². The predicted octanol–water partition coefficient (Wildman–Crippen LogP) is 1.80. The van der Waals surface area contributed by atoms with Crippen molar-refractivity contribution in [1.82, 2.24) is 10.0 Å². The average Bonchev–Trinajstić information content (AvgIpc) is 2.83. The molecule has 1 aliphatic carbocycles. The van der Waals surface area contributed by atoms with Crippen LogP contribution >= 0.6 is 0 Å². The second-order valence-electron chi connectivity index (χ2n) is 5.96. The molecule has 0 bridgehead atoms. The van der Waals surface area contributed by atoms with Gasteiger partial charge in [-0.3, -0.25) is 0 Å². The lowest BCUT2D eigenvalue weighted by Crippen LogP contribution is -2.37. The zero-order chi connectivity index (χ0) is 14.2. The van der Waals surface area contributed by atoms with Crippen LogP contribution in [0.15, 0.2) is 23.1 Å². The van der Waals surface area contributed by atoms with E-state index in [4.69, 9.17) is 0 Å². The van der Waals surface area contributed by atoms with Gasteiger partial charge >= 0.3 is 0 Å². The highest BCUT2D eigenvalue weighted by atomic mass is 32.2. The van der Waals surface area contributed by atoms with Crippen molar-refractivity contribution in [2.75, 3.05) is 6.54 Å². The molecule has 1 fully saturated rings. The Morgan fingerprint density at radius 3 is 2.90 bits per heavy atom. The lowest BCUT2D eigenvalue weighted by molar-refractivity contribution is 0.475. The predicted molar refractivity (Wildman–Crippen MR) is 79.0 cm³/mol. The van der Waals surface area contributed by atoms with Gasteiger partial charge in [-0.15, -0.1) is 0 Å². The van der Waals surface area contributed by atoms with E-state index < -0.39 is 10.0 Å². The molecule has 1 aromatic carbocycles. The molecule has 5 heteroatoms. The van der Waals surface area contributed by atoms with Crippen molar-refractivity contribution < 1.29 is 8.42 Å². The molecule has 0 spiro atoms. The minimum atomic E-state index is -3.40. The molecule has 2 atom stereocenters. The first-order valence-electron chi connectivity index (χ1n) is 7.42. The number of benzene rings is 1. The number of rotatable bonds is 3. The summed E-state index contributed by atoms with van der Waals surface area (Å²) in [6.07, 6.45) is 3.97. The summed E-state index contributed by atoms with van der Waals surface area (Å²) in [7, 11) is -3.40. The number of nitrogens with one attached hydrogen (secondary N) is 2. The topological polar surface area (TPSA) is 58.2 Å². The maximum Gasteiger partial charge on any atom is 0.241 e. The molecule has 2 N–H and O–H groups in total. The molecular formula is C15H22N2O2S. The van der Waals surface area contributed by atoms with Crippen LogP contribution in [0.4, 0.5) is 0 Å². The minimum absolute atomic E-state index is 0.0950. The third kappa shape index (κ3) is 2.62. The Bertz CT molecular complexity index is 598. The molecule has 1 aliphatic heterocycles. The highest BCUT2D eigenvalue weighted by Gasteiger charge is 2.30. The van der Waals surface area contributed by atoms with Crippen LogP contribution in [0, 0.1) is 5.92 Å². The van der Waals surface area contributed by atoms with E-state index in [0.717, 1.165) is 49.9 Å². The van der Waals surface area contributed by atoms with E-state index >= 15 is 0 Å². The Hall–Kier alpha value is -0.910. The van der Waals surface area contributed by atoms with E-state index in [1.807, 2.05) is 12.1 Å². The second-order valence-corrected chi connectivity index (χ2v) is 7.64. The molecule has 110 valence electrons. The third-order valence-corrected chi connectivity index (χ3v) is 6.13. The number of hydrogen-bond donors (Lipinski definition) is 2. The molecule has 3 rings (SSSR count). The summed E-state index contributed by atoms with van der Waals surface area (Å²) >= 11 is 0. The van der Waals surface area contributed by atoms with Crippen molar-refractivity contribution in [1.29, 1.82) is 0 Å². The summed E-state index contributed by atoms with van der Waals surface area (Å²) < 4.78 is 28.3. The smallest absolute Gasteiger partial charge is 0.241 e. The van der Waals surface area contributed by atoms with Gasteiger partial charge in [-0.05, 0) is 48.9 Å². The van der Waals surface area contributed by atoms with Gasteiger partial charge in [0.1, 0.15) is 0 Å². The molecule has 0 aromatic heterocycles. The summed E-state index contributed by atoms with van der Waals surface area (Å²) in [6.45, 7) is 3.74. The molecule has 0 amide bonds. The fraction of sp³-hybridized carbons (Fsp3) is 0.600. The molecule has 2 aliphatic rings. The first kappa shape index (κ1) is 14.0. The maximum atomic E-state index is 12.7. The van der Waals surface area contributed by atoms with E-state index in [1.54, 1.807) is 6.07 Å². The van der Waals surface area contributed by atoms with Crippen molar-refractivity contribution >= 4 is 10.0 Å². The number of hydrogen-bond acceptors (Lipinski definition) is 3. The fourth-order valence-corrected chi connectivity index (χ4v) is 5.02. The SMILES string of the molecule is CC1CCCC1NS(=O)(=O)c1cccc2c1CCNC2. The second kappa shape index (κ2) is 5.47. The quantitative estimate of drug-likeness (QED) is 0.894. The zero-order valence-corrected chi connectivity index (χ0v) is 12.7. The molecular weight excluding hydrogens is 272 g/mol. The van der Waals surface area contributed by atoms with Gasteiger partial charge < -0.3 is 5.32 Å². The molecule has 20 heavy (non-hydrogen) atoms. The van der Waals surface area contributed by atoms with Crippen LogP contribution in [0.25, 0.3) is 0 Å². The summed E-state index contributed by atoms with van der Waals surface area (Å²) in [6, 6.07) is 5.70. The van der Waals surface area contributed by atoms with Gasteiger partial charge in [-0.1, -0.05) is 25.5 Å².